The number of anilines is 1. The number of nitrogens with two attached hydrogens (primary N) is 1. The van der Waals surface area contributed by atoms with E-state index in [4.69, 9.17) is 17.3 Å². The first kappa shape index (κ1) is 15.1. The minimum atomic E-state index is 0.482. The van der Waals surface area contributed by atoms with E-state index in [1.165, 1.54) is 31.5 Å². The van der Waals surface area contributed by atoms with E-state index in [0.717, 1.165) is 42.7 Å². The molecule has 3 nitrogen and oxygen atoms in total. The molecule has 21 heavy (non-hydrogen) atoms. The van der Waals surface area contributed by atoms with Crippen LogP contribution >= 0.6 is 11.6 Å². The van der Waals surface area contributed by atoms with Gasteiger partial charge in [0.15, 0.2) is 0 Å². The lowest BCUT2D eigenvalue weighted by Crippen LogP contribution is -2.47. The molecule has 1 saturated heterocycles. The van der Waals surface area contributed by atoms with E-state index in [1.807, 2.05) is 0 Å². The third-order valence-corrected chi connectivity index (χ3v) is 5.50. The summed E-state index contributed by atoms with van der Waals surface area (Å²) >= 11 is 6.44. The number of nitrogens with zero attached hydrogens (tertiary/aromatic N) is 2. The molecule has 1 aromatic rings. The summed E-state index contributed by atoms with van der Waals surface area (Å²) in [5.74, 6) is 0.879. The maximum Gasteiger partial charge on any atom is 0.0668 e. The van der Waals surface area contributed by atoms with Crippen molar-refractivity contribution in [3.63, 3.8) is 0 Å². The van der Waals surface area contributed by atoms with Gasteiger partial charge in [-0.05, 0) is 50.3 Å². The number of aryl methyl sites for hydroxylation is 1. The molecular weight excluding hydrogens is 282 g/mol. The molecule has 1 aliphatic carbocycles. The zero-order chi connectivity index (χ0) is 14.8. The van der Waals surface area contributed by atoms with Crippen LogP contribution in [0, 0.1) is 12.8 Å². The minimum absolute atomic E-state index is 0.482. The lowest BCUT2D eigenvalue weighted by atomic mass is 9.79. The molecule has 2 N–H and O–H groups in total. The Kier molecular flexibility index (Phi) is 4.72. The fraction of sp³-hybridized carbons (Fsp3) is 0.647. The number of rotatable bonds is 4. The molecule has 2 fully saturated rings. The van der Waals surface area contributed by atoms with Crippen LogP contribution in [-0.2, 0) is 0 Å². The first-order valence-corrected chi connectivity index (χ1v) is 8.49. The molecule has 0 bridgehead atoms. The largest absolute Gasteiger partial charge is 0.368 e. The predicted molar refractivity (Wildman–Crippen MR) is 90.2 cm³/mol. The molecule has 1 saturated carbocycles. The van der Waals surface area contributed by atoms with E-state index in [0.29, 0.717) is 6.04 Å². The monoisotopic (exact) mass is 307 g/mol. The van der Waals surface area contributed by atoms with Crippen LogP contribution in [0.4, 0.5) is 5.69 Å². The normalized spacial score (nSPS) is 26.7. The Morgan fingerprint density at radius 1 is 1.19 bits per heavy atom. The van der Waals surface area contributed by atoms with E-state index in [2.05, 4.69) is 34.9 Å². The van der Waals surface area contributed by atoms with E-state index in [1.54, 1.807) is 0 Å². The summed E-state index contributed by atoms with van der Waals surface area (Å²) in [5, 5.41) is 0.911. The Bertz CT molecular complexity index is 477. The van der Waals surface area contributed by atoms with Gasteiger partial charge in [0.05, 0.1) is 10.7 Å². The van der Waals surface area contributed by atoms with Gasteiger partial charge in [0, 0.05) is 32.2 Å². The van der Waals surface area contributed by atoms with Gasteiger partial charge in [-0.25, -0.2) is 0 Å². The zero-order valence-corrected chi connectivity index (χ0v) is 13.6. The molecule has 0 amide bonds. The maximum absolute atomic E-state index is 6.44. The van der Waals surface area contributed by atoms with Crippen molar-refractivity contribution in [3.05, 3.63) is 28.8 Å². The number of hydrogen-bond donors (Lipinski definition) is 1. The Morgan fingerprint density at radius 2 is 1.90 bits per heavy atom. The molecule has 0 radical (unpaired) electrons. The third-order valence-electron chi connectivity index (χ3n) is 5.01. The average molecular weight is 308 g/mol. The van der Waals surface area contributed by atoms with Crippen molar-refractivity contribution in [2.24, 2.45) is 11.7 Å². The SMILES string of the molecule is Cc1cccc(N2CCN(CCC3CC(N)C3)CC2)c1Cl. The van der Waals surface area contributed by atoms with E-state index in [-0.39, 0.29) is 0 Å². The third kappa shape index (κ3) is 3.53. The fourth-order valence-electron chi connectivity index (χ4n) is 3.48. The Hall–Kier alpha value is -0.770. The summed E-state index contributed by atoms with van der Waals surface area (Å²) in [6, 6.07) is 6.80. The van der Waals surface area contributed by atoms with Crippen molar-refractivity contribution >= 4 is 17.3 Å². The second-order valence-corrected chi connectivity index (χ2v) is 7.00. The van der Waals surface area contributed by atoms with Crippen LogP contribution in [0.3, 0.4) is 0 Å². The van der Waals surface area contributed by atoms with Gasteiger partial charge >= 0.3 is 0 Å². The van der Waals surface area contributed by atoms with Crippen LogP contribution in [0.15, 0.2) is 18.2 Å². The fourth-order valence-corrected chi connectivity index (χ4v) is 3.72. The Labute approximate surface area is 133 Å². The van der Waals surface area contributed by atoms with E-state index < -0.39 is 0 Å². The van der Waals surface area contributed by atoms with Crippen molar-refractivity contribution in [3.8, 4) is 0 Å². The number of halogens is 1. The summed E-state index contributed by atoms with van der Waals surface area (Å²) in [7, 11) is 0. The Balaban J connectivity index is 1.47. The van der Waals surface area contributed by atoms with Gasteiger partial charge in [0.2, 0.25) is 0 Å². The van der Waals surface area contributed by atoms with Gasteiger partial charge in [0.1, 0.15) is 0 Å². The average Bonchev–Trinajstić information content (AvgIpc) is 2.46. The van der Waals surface area contributed by atoms with Crippen molar-refractivity contribution in [2.75, 3.05) is 37.6 Å². The van der Waals surface area contributed by atoms with Crippen LogP contribution in [0.2, 0.25) is 5.02 Å². The van der Waals surface area contributed by atoms with Gasteiger partial charge in [-0.2, -0.15) is 0 Å². The van der Waals surface area contributed by atoms with Crippen LogP contribution in [-0.4, -0.2) is 43.7 Å². The quantitative estimate of drug-likeness (QED) is 0.928. The van der Waals surface area contributed by atoms with Gasteiger partial charge in [-0.3, -0.25) is 4.90 Å². The van der Waals surface area contributed by atoms with E-state index in [9.17, 15) is 0 Å². The number of hydrogen-bond acceptors (Lipinski definition) is 3. The zero-order valence-electron chi connectivity index (χ0n) is 12.9. The lowest BCUT2D eigenvalue weighted by Gasteiger charge is -2.39. The second-order valence-electron chi connectivity index (χ2n) is 6.62. The molecule has 1 heterocycles. The molecular formula is C17H26ClN3. The highest BCUT2D eigenvalue weighted by Gasteiger charge is 2.26. The Morgan fingerprint density at radius 3 is 2.57 bits per heavy atom. The van der Waals surface area contributed by atoms with Crippen molar-refractivity contribution in [1.82, 2.24) is 4.90 Å². The van der Waals surface area contributed by atoms with E-state index >= 15 is 0 Å². The first-order valence-electron chi connectivity index (χ1n) is 8.11. The van der Waals surface area contributed by atoms with Crippen LogP contribution in [0.25, 0.3) is 0 Å². The summed E-state index contributed by atoms with van der Waals surface area (Å²) in [6.45, 7) is 7.74. The standard InChI is InChI=1S/C17H26ClN3/c1-13-3-2-4-16(17(13)18)21-9-7-20(8-10-21)6-5-14-11-15(19)12-14/h2-4,14-15H,5-12,19H2,1H3. The van der Waals surface area contributed by atoms with Gasteiger partial charge in [0.25, 0.3) is 0 Å². The van der Waals surface area contributed by atoms with Crippen LogP contribution < -0.4 is 10.6 Å². The smallest absolute Gasteiger partial charge is 0.0668 e. The highest BCUT2D eigenvalue weighted by Crippen LogP contribution is 2.31. The molecule has 0 spiro atoms. The molecule has 0 atom stereocenters. The highest BCUT2D eigenvalue weighted by atomic mass is 35.5. The maximum atomic E-state index is 6.44. The topological polar surface area (TPSA) is 32.5 Å². The minimum Gasteiger partial charge on any atom is -0.368 e. The molecule has 2 aliphatic rings. The summed E-state index contributed by atoms with van der Waals surface area (Å²) in [6.07, 6.45) is 3.79. The molecule has 4 heteroatoms. The van der Waals surface area contributed by atoms with Crippen LogP contribution in [0.1, 0.15) is 24.8 Å². The molecule has 0 unspecified atom stereocenters. The molecule has 3 rings (SSSR count). The van der Waals surface area contributed by atoms with Crippen molar-refractivity contribution in [2.45, 2.75) is 32.2 Å². The van der Waals surface area contributed by atoms with Gasteiger partial charge in [-0.1, -0.05) is 23.7 Å². The van der Waals surface area contributed by atoms with Crippen molar-refractivity contribution < 1.29 is 0 Å². The van der Waals surface area contributed by atoms with Crippen LogP contribution in [0.5, 0.6) is 0 Å². The lowest BCUT2D eigenvalue weighted by molar-refractivity contribution is 0.189. The molecule has 0 aromatic heterocycles. The first-order chi connectivity index (χ1) is 10.1. The molecule has 1 aromatic carbocycles. The second kappa shape index (κ2) is 6.55. The van der Waals surface area contributed by atoms with Gasteiger partial charge < -0.3 is 10.6 Å². The summed E-state index contributed by atoms with van der Waals surface area (Å²) in [5.41, 5.74) is 8.21. The molecule has 116 valence electrons. The predicted octanol–water partition coefficient (Wildman–Crippen LogP) is 2.90. The van der Waals surface area contributed by atoms with Gasteiger partial charge in [-0.15, -0.1) is 0 Å². The number of piperazine rings is 1. The summed E-state index contributed by atoms with van der Waals surface area (Å²) < 4.78 is 0. The highest BCUT2D eigenvalue weighted by molar-refractivity contribution is 6.34. The summed E-state index contributed by atoms with van der Waals surface area (Å²) in [4.78, 5) is 5.01. The number of benzene rings is 1. The van der Waals surface area contributed by atoms with Crippen molar-refractivity contribution in [1.29, 1.82) is 0 Å². The molecule has 1 aliphatic heterocycles.